The predicted octanol–water partition coefficient (Wildman–Crippen LogP) is 1.80. The van der Waals surface area contributed by atoms with Crippen LogP contribution in [0.1, 0.15) is 25.3 Å². The summed E-state index contributed by atoms with van der Waals surface area (Å²) >= 11 is 0. The van der Waals surface area contributed by atoms with Gasteiger partial charge in [-0.05, 0) is 30.2 Å². The molecule has 0 fully saturated rings. The van der Waals surface area contributed by atoms with Crippen LogP contribution >= 0.6 is 0 Å². The molecule has 2 aromatic rings. The Kier molecular flexibility index (Phi) is 5.25. The third-order valence-corrected chi connectivity index (χ3v) is 2.87. The van der Waals surface area contributed by atoms with Crippen LogP contribution in [0.15, 0.2) is 24.3 Å². The van der Waals surface area contributed by atoms with Gasteiger partial charge in [-0.1, -0.05) is 36.6 Å². The number of unbranched alkanes of at least 4 members (excludes halogenated alkanes) is 1. The van der Waals surface area contributed by atoms with Crippen molar-refractivity contribution < 1.29 is 9.53 Å². The molecule has 7 heteroatoms. The molecule has 0 bridgehead atoms. The maximum absolute atomic E-state index is 11.8. The van der Waals surface area contributed by atoms with Crippen LogP contribution in [0.25, 0.3) is 0 Å². The molecule has 1 amide bonds. The summed E-state index contributed by atoms with van der Waals surface area (Å²) in [6.07, 6.45) is 2.02. The van der Waals surface area contributed by atoms with Gasteiger partial charge in [-0.2, -0.15) is 4.80 Å². The highest BCUT2D eigenvalue weighted by molar-refractivity contribution is 5.90. The number of carbonyl (C=O) groups is 1. The number of amides is 1. The number of carbonyl (C=O) groups excluding carboxylic acids is 1. The second kappa shape index (κ2) is 7.37. The van der Waals surface area contributed by atoms with E-state index in [1.54, 1.807) is 0 Å². The van der Waals surface area contributed by atoms with Gasteiger partial charge < -0.3 is 4.74 Å². The number of para-hydroxylation sites is 1. The number of aryl methyl sites for hydroxylation is 2. The van der Waals surface area contributed by atoms with E-state index in [-0.39, 0.29) is 18.5 Å². The SMILES string of the molecule is CCCCn1nnc(NC(=O)COc2ccccc2C)n1. The Morgan fingerprint density at radius 2 is 2.19 bits per heavy atom. The van der Waals surface area contributed by atoms with Gasteiger partial charge in [0, 0.05) is 0 Å². The Balaban J connectivity index is 1.82. The molecular formula is C14H19N5O2. The molecule has 0 saturated carbocycles. The molecule has 1 aromatic heterocycles. The fraction of sp³-hybridized carbons (Fsp3) is 0.429. The molecule has 0 atom stereocenters. The van der Waals surface area contributed by atoms with Crippen LogP contribution < -0.4 is 10.1 Å². The van der Waals surface area contributed by atoms with Gasteiger partial charge in [-0.25, -0.2) is 0 Å². The molecule has 0 aliphatic carbocycles. The van der Waals surface area contributed by atoms with Gasteiger partial charge in [0.2, 0.25) is 0 Å². The van der Waals surface area contributed by atoms with Crippen LogP contribution in [0.5, 0.6) is 5.75 Å². The maximum Gasteiger partial charge on any atom is 0.270 e. The molecule has 21 heavy (non-hydrogen) atoms. The fourth-order valence-corrected chi connectivity index (χ4v) is 1.71. The number of hydrogen-bond acceptors (Lipinski definition) is 5. The summed E-state index contributed by atoms with van der Waals surface area (Å²) in [7, 11) is 0. The van der Waals surface area contributed by atoms with Crippen LogP contribution in [0.4, 0.5) is 5.95 Å². The molecule has 0 unspecified atom stereocenters. The van der Waals surface area contributed by atoms with Crippen LogP contribution in [-0.4, -0.2) is 32.7 Å². The molecule has 1 heterocycles. The summed E-state index contributed by atoms with van der Waals surface area (Å²) in [6, 6.07) is 7.53. The van der Waals surface area contributed by atoms with Gasteiger partial charge in [0.1, 0.15) is 5.75 Å². The summed E-state index contributed by atoms with van der Waals surface area (Å²) in [6.45, 7) is 4.62. The van der Waals surface area contributed by atoms with E-state index in [9.17, 15) is 4.79 Å². The van der Waals surface area contributed by atoms with E-state index in [0.29, 0.717) is 12.3 Å². The number of hydrogen-bond donors (Lipinski definition) is 1. The first-order valence-corrected chi connectivity index (χ1v) is 6.95. The van der Waals surface area contributed by atoms with E-state index in [1.807, 2.05) is 31.2 Å². The number of nitrogens with zero attached hydrogens (tertiary/aromatic N) is 4. The van der Waals surface area contributed by atoms with E-state index >= 15 is 0 Å². The smallest absolute Gasteiger partial charge is 0.270 e. The lowest BCUT2D eigenvalue weighted by Gasteiger charge is -2.07. The lowest BCUT2D eigenvalue weighted by Crippen LogP contribution is -2.21. The highest BCUT2D eigenvalue weighted by Crippen LogP contribution is 2.15. The molecule has 7 nitrogen and oxygen atoms in total. The number of anilines is 1. The van der Waals surface area contributed by atoms with E-state index in [0.717, 1.165) is 18.4 Å². The highest BCUT2D eigenvalue weighted by atomic mass is 16.5. The minimum absolute atomic E-state index is 0.0889. The summed E-state index contributed by atoms with van der Waals surface area (Å²) in [5.41, 5.74) is 0.980. The molecule has 1 aromatic carbocycles. The number of tetrazole rings is 1. The number of ether oxygens (including phenoxy) is 1. The van der Waals surface area contributed by atoms with Gasteiger partial charge in [0.05, 0.1) is 6.54 Å². The number of aromatic nitrogens is 4. The van der Waals surface area contributed by atoms with Gasteiger partial charge in [0.15, 0.2) is 6.61 Å². The summed E-state index contributed by atoms with van der Waals surface area (Å²) < 4.78 is 5.45. The summed E-state index contributed by atoms with van der Waals surface area (Å²) in [4.78, 5) is 13.2. The van der Waals surface area contributed by atoms with Crippen molar-refractivity contribution in [2.24, 2.45) is 0 Å². The van der Waals surface area contributed by atoms with E-state index in [1.165, 1.54) is 4.80 Å². The number of benzene rings is 1. The first-order chi connectivity index (χ1) is 10.2. The van der Waals surface area contributed by atoms with Gasteiger partial charge in [0.25, 0.3) is 11.9 Å². The van der Waals surface area contributed by atoms with Crippen LogP contribution in [0.3, 0.4) is 0 Å². The first kappa shape index (κ1) is 15.0. The zero-order valence-corrected chi connectivity index (χ0v) is 12.2. The van der Waals surface area contributed by atoms with Crippen LogP contribution in [0.2, 0.25) is 0 Å². The van der Waals surface area contributed by atoms with Crippen molar-refractivity contribution >= 4 is 11.9 Å². The molecule has 112 valence electrons. The average Bonchev–Trinajstić information content (AvgIpc) is 2.91. The molecular weight excluding hydrogens is 270 g/mol. The van der Waals surface area contributed by atoms with Crippen molar-refractivity contribution in [2.75, 3.05) is 11.9 Å². The van der Waals surface area contributed by atoms with E-state index in [2.05, 4.69) is 27.7 Å². The number of nitrogens with one attached hydrogen (secondary N) is 1. The van der Waals surface area contributed by atoms with Crippen molar-refractivity contribution in [3.8, 4) is 5.75 Å². The Bertz CT molecular complexity index is 597. The minimum atomic E-state index is -0.312. The standard InChI is InChI=1S/C14H19N5O2/c1-3-4-9-19-17-14(16-18-19)15-13(20)10-21-12-8-6-5-7-11(12)2/h5-8H,3-4,9-10H2,1-2H3,(H,15,17,20). The van der Waals surface area contributed by atoms with Crippen LogP contribution in [-0.2, 0) is 11.3 Å². The quantitative estimate of drug-likeness (QED) is 0.840. The zero-order valence-electron chi connectivity index (χ0n) is 12.2. The van der Waals surface area contributed by atoms with Crippen molar-refractivity contribution in [3.63, 3.8) is 0 Å². The molecule has 0 aliphatic heterocycles. The largest absolute Gasteiger partial charge is 0.483 e. The Labute approximate surface area is 123 Å². The van der Waals surface area contributed by atoms with E-state index in [4.69, 9.17) is 4.74 Å². The Morgan fingerprint density at radius 3 is 2.95 bits per heavy atom. The van der Waals surface area contributed by atoms with Gasteiger partial charge in [-0.3, -0.25) is 10.1 Å². The maximum atomic E-state index is 11.8. The van der Waals surface area contributed by atoms with Gasteiger partial charge in [-0.15, -0.1) is 5.10 Å². The third kappa shape index (κ3) is 4.55. The fourth-order valence-electron chi connectivity index (χ4n) is 1.71. The van der Waals surface area contributed by atoms with Crippen LogP contribution in [0, 0.1) is 6.92 Å². The second-order valence-corrected chi connectivity index (χ2v) is 4.66. The van der Waals surface area contributed by atoms with Crippen molar-refractivity contribution in [2.45, 2.75) is 33.2 Å². The molecule has 0 aliphatic rings. The molecule has 1 N–H and O–H groups in total. The van der Waals surface area contributed by atoms with Crippen molar-refractivity contribution in [1.82, 2.24) is 20.2 Å². The Morgan fingerprint density at radius 1 is 1.38 bits per heavy atom. The lowest BCUT2D eigenvalue weighted by molar-refractivity contribution is -0.118. The van der Waals surface area contributed by atoms with E-state index < -0.39 is 0 Å². The highest BCUT2D eigenvalue weighted by Gasteiger charge is 2.09. The van der Waals surface area contributed by atoms with Crippen molar-refractivity contribution in [3.05, 3.63) is 29.8 Å². The molecule has 0 radical (unpaired) electrons. The van der Waals surface area contributed by atoms with Crippen molar-refractivity contribution in [1.29, 1.82) is 0 Å². The first-order valence-electron chi connectivity index (χ1n) is 6.95. The Hall–Kier alpha value is -2.44. The lowest BCUT2D eigenvalue weighted by atomic mass is 10.2. The zero-order chi connectivity index (χ0) is 15.1. The topological polar surface area (TPSA) is 81.9 Å². The third-order valence-electron chi connectivity index (χ3n) is 2.87. The average molecular weight is 289 g/mol. The molecule has 0 spiro atoms. The van der Waals surface area contributed by atoms with Gasteiger partial charge >= 0.3 is 0 Å². The normalized spacial score (nSPS) is 10.4. The second-order valence-electron chi connectivity index (χ2n) is 4.66. The molecule has 0 saturated heterocycles. The molecule has 2 rings (SSSR count). The predicted molar refractivity (Wildman–Crippen MR) is 78.0 cm³/mol. The summed E-state index contributed by atoms with van der Waals surface area (Å²) in [5.74, 6) is 0.574. The monoisotopic (exact) mass is 289 g/mol. The minimum Gasteiger partial charge on any atom is -0.483 e. The summed E-state index contributed by atoms with van der Waals surface area (Å²) in [5, 5.41) is 14.3. The number of rotatable bonds is 7.